The molecule has 0 saturated heterocycles. The molecule has 0 aromatic heterocycles. The molecule has 0 aliphatic rings. The van der Waals surface area contributed by atoms with E-state index in [4.69, 9.17) is 5.11 Å². The van der Waals surface area contributed by atoms with Crippen LogP contribution in [0.3, 0.4) is 0 Å². The first-order valence-electron chi connectivity index (χ1n) is 6.42. The molecule has 0 fully saturated rings. The second kappa shape index (κ2) is 7.43. The molecule has 0 amide bonds. The highest BCUT2D eigenvalue weighted by Crippen LogP contribution is 2.24. The average Bonchev–Trinajstić information content (AvgIpc) is 2.57. The highest BCUT2D eigenvalue weighted by molar-refractivity contribution is 7.96. The SMILES string of the molecule is O=C(O)c1ccccc1NC=[SH]Cc1c(F)c(F)c(F)c(F)c1F. The van der Waals surface area contributed by atoms with Crippen LogP contribution in [0.25, 0.3) is 0 Å². The standard InChI is InChI=1S/C15H10F5NO2S/c16-10-8(11(17)13(19)14(20)12(10)18)5-24-6-21-9-4-2-1-3-7(9)15(22)23/h1-4,6,21,24H,5H2,(H,22,23). The number of anilines is 1. The van der Waals surface area contributed by atoms with Crippen LogP contribution >= 0.6 is 11.4 Å². The number of hydrogen-bond donors (Lipinski definition) is 3. The third-order valence-corrected chi connectivity index (χ3v) is 3.83. The molecular formula is C15H10F5NO2S. The number of halogens is 5. The first-order chi connectivity index (χ1) is 11.3. The van der Waals surface area contributed by atoms with Crippen molar-refractivity contribution in [2.75, 3.05) is 5.32 Å². The van der Waals surface area contributed by atoms with E-state index in [1.54, 1.807) is 6.07 Å². The molecule has 24 heavy (non-hydrogen) atoms. The van der Waals surface area contributed by atoms with Gasteiger partial charge in [0.05, 0.1) is 11.3 Å². The Morgan fingerprint density at radius 2 is 1.54 bits per heavy atom. The Morgan fingerprint density at radius 3 is 2.12 bits per heavy atom. The minimum absolute atomic E-state index is 0.0276. The summed E-state index contributed by atoms with van der Waals surface area (Å²) in [6.45, 7) is 0. The van der Waals surface area contributed by atoms with Crippen LogP contribution in [0.1, 0.15) is 15.9 Å². The Bertz CT molecular complexity index is 797. The first kappa shape index (κ1) is 17.9. The average molecular weight is 363 g/mol. The number of benzene rings is 2. The van der Waals surface area contributed by atoms with Crippen LogP contribution in [0.4, 0.5) is 27.6 Å². The molecule has 0 heterocycles. The van der Waals surface area contributed by atoms with E-state index in [0.717, 1.165) is 0 Å². The van der Waals surface area contributed by atoms with Crippen molar-refractivity contribution < 1.29 is 31.9 Å². The third-order valence-electron chi connectivity index (χ3n) is 3.02. The Morgan fingerprint density at radius 1 is 1.00 bits per heavy atom. The van der Waals surface area contributed by atoms with Gasteiger partial charge in [-0.3, -0.25) is 0 Å². The summed E-state index contributed by atoms with van der Waals surface area (Å²) in [7, 11) is 0. The summed E-state index contributed by atoms with van der Waals surface area (Å²) in [5, 5.41) is 11.6. The van der Waals surface area contributed by atoms with Crippen LogP contribution < -0.4 is 5.32 Å². The predicted octanol–water partition coefficient (Wildman–Crippen LogP) is 3.92. The van der Waals surface area contributed by atoms with Gasteiger partial charge in [-0.05, 0) is 12.1 Å². The number of carbonyl (C=O) groups is 1. The van der Waals surface area contributed by atoms with Crippen molar-refractivity contribution in [2.45, 2.75) is 5.75 Å². The zero-order valence-electron chi connectivity index (χ0n) is 11.8. The minimum atomic E-state index is -2.21. The quantitative estimate of drug-likeness (QED) is 0.248. The van der Waals surface area contributed by atoms with Gasteiger partial charge < -0.3 is 10.4 Å². The first-order valence-corrected chi connectivity index (χ1v) is 7.57. The number of hydrogen-bond acceptors (Lipinski definition) is 1. The highest BCUT2D eigenvalue weighted by Gasteiger charge is 2.24. The summed E-state index contributed by atoms with van der Waals surface area (Å²) in [6, 6.07) is 5.90. The summed E-state index contributed by atoms with van der Waals surface area (Å²) in [4.78, 5) is 11.0. The van der Waals surface area contributed by atoms with Crippen LogP contribution in [0.2, 0.25) is 0 Å². The molecule has 0 aliphatic heterocycles. The Hall–Kier alpha value is -2.42. The molecular weight excluding hydrogens is 353 g/mol. The van der Waals surface area contributed by atoms with Crippen molar-refractivity contribution >= 4 is 28.5 Å². The minimum Gasteiger partial charge on any atom is -0.478 e. The summed E-state index contributed by atoms with van der Waals surface area (Å²) >= 11 is 0.175. The predicted molar refractivity (Wildman–Crippen MR) is 82.0 cm³/mol. The van der Waals surface area contributed by atoms with Crippen LogP contribution in [0, 0.1) is 29.1 Å². The van der Waals surface area contributed by atoms with Crippen LogP contribution in [0.5, 0.6) is 0 Å². The van der Waals surface area contributed by atoms with E-state index in [9.17, 15) is 26.7 Å². The second-order valence-electron chi connectivity index (χ2n) is 4.51. The van der Waals surface area contributed by atoms with Crippen molar-refractivity contribution in [1.82, 2.24) is 0 Å². The van der Waals surface area contributed by atoms with Crippen LogP contribution in [-0.4, -0.2) is 16.6 Å². The Kier molecular flexibility index (Phi) is 5.55. The number of carboxylic acid groups (broad SMARTS) is 1. The van der Waals surface area contributed by atoms with Crippen molar-refractivity contribution in [3.05, 3.63) is 64.5 Å². The molecule has 0 radical (unpaired) electrons. The maximum atomic E-state index is 13.5. The summed E-state index contributed by atoms with van der Waals surface area (Å²) < 4.78 is 66.0. The van der Waals surface area contributed by atoms with Gasteiger partial charge in [-0.25, -0.2) is 26.7 Å². The zero-order valence-corrected chi connectivity index (χ0v) is 12.7. The van der Waals surface area contributed by atoms with E-state index in [1.165, 1.54) is 23.7 Å². The molecule has 128 valence electrons. The molecule has 2 aromatic carbocycles. The van der Waals surface area contributed by atoms with E-state index in [0.29, 0.717) is 0 Å². The lowest BCUT2D eigenvalue weighted by Crippen LogP contribution is -2.06. The normalized spacial score (nSPS) is 11.4. The van der Waals surface area contributed by atoms with E-state index < -0.39 is 46.4 Å². The van der Waals surface area contributed by atoms with Crippen molar-refractivity contribution in [3.8, 4) is 0 Å². The van der Waals surface area contributed by atoms with Crippen molar-refractivity contribution in [1.29, 1.82) is 0 Å². The number of aromatic carboxylic acids is 1. The summed E-state index contributed by atoms with van der Waals surface area (Å²) in [5.74, 6) is -11.6. The molecule has 0 spiro atoms. The fourth-order valence-corrected chi connectivity index (χ4v) is 2.62. The maximum absolute atomic E-state index is 13.5. The molecule has 2 aromatic rings. The van der Waals surface area contributed by atoms with E-state index in [1.807, 2.05) is 0 Å². The number of thiol groups is 1. The molecule has 2 N–H and O–H groups in total. The molecule has 0 aliphatic carbocycles. The van der Waals surface area contributed by atoms with Gasteiger partial charge >= 0.3 is 5.97 Å². The highest BCUT2D eigenvalue weighted by atomic mass is 32.1. The maximum Gasteiger partial charge on any atom is 0.337 e. The number of carboxylic acids is 1. The zero-order chi connectivity index (χ0) is 17.9. The monoisotopic (exact) mass is 363 g/mol. The number of para-hydroxylation sites is 1. The molecule has 0 bridgehead atoms. The smallest absolute Gasteiger partial charge is 0.337 e. The van der Waals surface area contributed by atoms with Gasteiger partial charge in [-0.1, -0.05) is 12.1 Å². The topological polar surface area (TPSA) is 49.3 Å². The molecule has 2 rings (SSSR count). The van der Waals surface area contributed by atoms with Gasteiger partial charge in [0.15, 0.2) is 23.3 Å². The van der Waals surface area contributed by atoms with Gasteiger partial charge in [0, 0.05) is 16.8 Å². The Labute approximate surface area is 136 Å². The number of rotatable bonds is 5. The Balaban J connectivity index is 2.18. The lowest BCUT2D eigenvalue weighted by atomic mass is 10.2. The lowest BCUT2D eigenvalue weighted by Gasteiger charge is -2.07. The largest absolute Gasteiger partial charge is 0.478 e. The molecule has 3 nitrogen and oxygen atoms in total. The van der Waals surface area contributed by atoms with Crippen LogP contribution in [0.15, 0.2) is 24.3 Å². The van der Waals surface area contributed by atoms with Crippen LogP contribution in [-0.2, 0) is 5.75 Å². The number of nitrogens with one attached hydrogen (secondary N) is 1. The molecule has 0 unspecified atom stereocenters. The molecule has 0 atom stereocenters. The van der Waals surface area contributed by atoms with Gasteiger partial charge in [0.1, 0.15) is 0 Å². The van der Waals surface area contributed by atoms with E-state index >= 15 is 0 Å². The van der Waals surface area contributed by atoms with E-state index in [2.05, 4.69) is 5.32 Å². The second-order valence-corrected chi connectivity index (χ2v) is 5.45. The summed E-state index contributed by atoms with van der Waals surface area (Å²) in [6.07, 6.45) is 0. The fraction of sp³-hybridized carbons (Fsp3) is 0.0667. The van der Waals surface area contributed by atoms with Gasteiger partial charge in [0.2, 0.25) is 5.82 Å². The summed E-state index contributed by atoms with van der Waals surface area (Å²) in [5.41, 5.74) is 0.521. The molecule has 0 saturated carbocycles. The van der Waals surface area contributed by atoms with E-state index in [-0.39, 0.29) is 22.6 Å². The fourth-order valence-electron chi connectivity index (χ4n) is 1.84. The molecule has 9 heteroatoms. The van der Waals surface area contributed by atoms with Crippen molar-refractivity contribution in [3.63, 3.8) is 0 Å². The van der Waals surface area contributed by atoms with Gasteiger partial charge in [-0.15, -0.1) is 0 Å². The van der Waals surface area contributed by atoms with Crippen molar-refractivity contribution in [2.24, 2.45) is 0 Å². The van der Waals surface area contributed by atoms with Gasteiger partial charge in [-0.2, -0.15) is 11.4 Å². The lowest BCUT2D eigenvalue weighted by molar-refractivity contribution is 0.0698. The van der Waals surface area contributed by atoms with Gasteiger partial charge in [0.25, 0.3) is 0 Å². The third kappa shape index (κ3) is 3.56.